The molecule has 1 saturated heterocycles. The highest BCUT2D eigenvalue weighted by Gasteiger charge is 2.24. The maximum atomic E-state index is 12.3. The fourth-order valence-electron chi connectivity index (χ4n) is 5.29. The van der Waals surface area contributed by atoms with Gasteiger partial charge in [0.05, 0.1) is 5.69 Å². The third-order valence-corrected chi connectivity index (χ3v) is 6.95. The maximum Gasteiger partial charge on any atom is 0.222 e. The number of pyridine rings is 1. The summed E-state index contributed by atoms with van der Waals surface area (Å²) in [5.74, 6) is 1.97. The summed E-state index contributed by atoms with van der Waals surface area (Å²) >= 11 is 0. The molecular weight excluding hydrogens is 410 g/mol. The summed E-state index contributed by atoms with van der Waals surface area (Å²) in [5.41, 5.74) is 7.05. The Morgan fingerprint density at radius 1 is 1.18 bits per heavy atom. The minimum absolute atomic E-state index is 0.309. The van der Waals surface area contributed by atoms with Crippen LogP contribution in [0.15, 0.2) is 36.5 Å². The molecule has 0 aliphatic carbocycles. The normalized spacial score (nSPS) is 15.2. The molecule has 1 aliphatic heterocycles. The van der Waals surface area contributed by atoms with E-state index in [1.807, 2.05) is 17.5 Å². The lowest BCUT2D eigenvalue weighted by Crippen LogP contribution is -2.37. The second kappa shape index (κ2) is 8.65. The number of nitrogens with zero attached hydrogens (tertiary/aromatic N) is 4. The van der Waals surface area contributed by atoms with E-state index in [9.17, 15) is 4.79 Å². The number of hydrogen-bond acceptors (Lipinski definition) is 3. The van der Waals surface area contributed by atoms with Crippen LogP contribution in [0, 0.1) is 6.92 Å². The maximum absolute atomic E-state index is 12.3. The standard InChI is InChI=1S/C27H33N5O/c1-5-6-25(33)31-13-11-19(12-14-31)20-7-9-23-22(15-20)26(17(2)3)27(29-23)21-8-10-24-28-18(4)30-32(24)16-21/h7-10,15-17,19,29H,5-6,11-14H2,1-4H3. The number of aryl methyl sites for hydroxylation is 1. The number of nitrogens with one attached hydrogen (secondary N) is 1. The molecule has 4 heterocycles. The minimum atomic E-state index is 0.309. The van der Waals surface area contributed by atoms with Crippen LogP contribution in [-0.4, -0.2) is 43.5 Å². The van der Waals surface area contributed by atoms with Crippen molar-refractivity contribution in [2.45, 2.75) is 65.2 Å². The summed E-state index contributed by atoms with van der Waals surface area (Å²) in [6, 6.07) is 11.0. The van der Waals surface area contributed by atoms with Crippen molar-refractivity contribution >= 4 is 22.5 Å². The van der Waals surface area contributed by atoms with Crippen LogP contribution in [0.1, 0.15) is 75.2 Å². The summed E-state index contributed by atoms with van der Waals surface area (Å²) in [4.78, 5) is 22.5. The van der Waals surface area contributed by atoms with Crippen molar-refractivity contribution in [3.05, 3.63) is 53.5 Å². The molecule has 6 heteroatoms. The summed E-state index contributed by atoms with van der Waals surface area (Å²) < 4.78 is 1.86. The van der Waals surface area contributed by atoms with Crippen LogP contribution in [-0.2, 0) is 4.79 Å². The molecule has 1 aromatic carbocycles. The molecule has 0 radical (unpaired) electrons. The van der Waals surface area contributed by atoms with Crippen LogP contribution in [0.4, 0.5) is 0 Å². The van der Waals surface area contributed by atoms with Crippen molar-refractivity contribution in [1.29, 1.82) is 0 Å². The van der Waals surface area contributed by atoms with Gasteiger partial charge in [0.15, 0.2) is 5.65 Å². The minimum Gasteiger partial charge on any atom is -0.354 e. The largest absolute Gasteiger partial charge is 0.354 e. The highest BCUT2D eigenvalue weighted by Crippen LogP contribution is 2.38. The van der Waals surface area contributed by atoms with Gasteiger partial charge in [-0.3, -0.25) is 4.79 Å². The smallest absolute Gasteiger partial charge is 0.222 e. The van der Waals surface area contributed by atoms with E-state index in [4.69, 9.17) is 0 Å². The molecule has 1 amide bonds. The first-order valence-electron chi connectivity index (χ1n) is 12.2. The number of carbonyl (C=O) groups excluding carboxylic acids is 1. The van der Waals surface area contributed by atoms with E-state index in [2.05, 4.69) is 71.2 Å². The molecule has 172 valence electrons. The Morgan fingerprint density at radius 3 is 2.70 bits per heavy atom. The van der Waals surface area contributed by atoms with Gasteiger partial charge in [-0.15, -0.1) is 0 Å². The van der Waals surface area contributed by atoms with E-state index in [0.717, 1.165) is 55.1 Å². The quantitative estimate of drug-likeness (QED) is 0.423. The predicted molar refractivity (Wildman–Crippen MR) is 133 cm³/mol. The number of fused-ring (bicyclic) bond motifs is 2. The number of piperidine rings is 1. The molecule has 33 heavy (non-hydrogen) atoms. The van der Waals surface area contributed by atoms with Gasteiger partial charge in [0, 0.05) is 42.2 Å². The molecule has 6 nitrogen and oxygen atoms in total. The molecule has 0 atom stereocenters. The number of H-pyrrole nitrogens is 1. The van der Waals surface area contributed by atoms with E-state index in [-0.39, 0.29) is 0 Å². The third-order valence-electron chi connectivity index (χ3n) is 6.95. The monoisotopic (exact) mass is 443 g/mol. The van der Waals surface area contributed by atoms with Crippen LogP contribution < -0.4 is 0 Å². The summed E-state index contributed by atoms with van der Waals surface area (Å²) in [6.45, 7) is 10.2. The number of amides is 1. The highest BCUT2D eigenvalue weighted by molar-refractivity contribution is 5.92. The third kappa shape index (κ3) is 4.03. The number of carbonyl (C=O) groups is 1. The zero-order valence-electron chi connectivity index (χ0n) is 20.1. The predicted octanol–water partition coefficient (Wildman–Crippen LogP) is 5.82. The Hall–Kier alpha value is -3.15. The lowest BCUT2D eigenvalue weighted by atomic mass is 9.87. The molecule has 0 bridgehead atoms. The molecule has 1 N–H and O–H groups in total. The van der Waals surface area contributed by atoms with Crippen molar-refractivity contribution in [3.63, 3.8) is 0 Å². The molecule has 3 aromatic heterocycles. The molecule has 4 aromatic rings. The Kier molecular flexibility index (Phi) is 5.69. The summed E-state index contributed by atoms with van der Waals surface area (Å²) in [6.07, 6.45) is 5.73. The average Bonchev–Trinajstić information content (AvgIpc) is 3.37. The Bertz CT molecular complexity index is 1310. The summed E-state index contributed by atoms with van der Waals surface area (Å²) in [5, 5.41) is 5.80. The number of hydrogen-bond donors (Lipinski definition) is 1. The van der Waals surface area contributed by atoms with Crippen molar-refractivity contribution in [3.8, 4) is 11.3 Å². The van der Waals surface area contributed by atoms with Gasteiger partial charge in [0.2, 0.25) is 5.91 Å². The Morgan fingerprint density at radius 2 is 1.97 bits per heavy atom. The average molecular weight is 444 g/mol. The number of aromatic amines is 1. The van der Waals surface area contributed by atoms with E-state index in [1.54, 1.807) is 0 Å². The van der Waals surface area contributed by atoms with E-state index in [0.29, 0.717) is 24.2 Å². The van der Waals surface area contributed by atoms with Crippen LogP contribution >= 0.6 is 0 Å². The van der Waals surface area contributed by atoms with Crippen LogP contribution in [0.2, 0.25) is 0 Å². The zero-order valence-corrected chi connectivity index (χ0v) is 20.1. The number of rotatable bonds is 5. The van der Waals surface area contributed by atoms with Gasteiger partial charge in [0.1, 0.15) is 5.82 Å². The number of benzene rings is 1. The van der Waals surface area contributed by atoms with Crippen LogP contribution in [0.25, 0.3) is 27.8 Å². The molecule has 1 fully saturated rings. The molecule has 0 saturated carbocycles. The van der Waals surface area contributed by atoms with Crippen molar-refractivity contribution in [2.75, 3.05) is 13.1 Å². The van der Waals surface area contributed by atoms with E-state index in [1.165, 1.54) is 22.0 Å². The van der Waals surface area contributed by atoms with Crippen LogP contribution in [0.5, 0.6) is 0 Å². The first kappa shape index (κ1) is 21.7. The highest BCUT2D eigenvalue weighted by atomic mass is 16.2. The molecular formula is C27H33N5O. The van der Waals surface area contributed by atoms with Crippen molar-refractivity contribution in [2.24, 2.45) is 0 Å². The van der Waals surface area contributed by atoms with Gasteiger partial charge in [-0.1, -0.05) is 26.8 Å². The number of likely N-dealkylation sites (tertiary alicyclic amines) is 1. The van der Waals surface area contributed by atoms with E-state index < -0.39 is 0 Å². The van der Waals surface area contributed by atoms with Crippen LogP contribution in [0.3, 0.4) is 0 Å². The van der Waals surface area contributed by atoms with Crippen molar-refractivity contribution < 1.29 is 4.79 Å². The second-order valence-corrected chi connectivity index (χ2v) is 9.66. The van der Waals surface area contributed by atoms with Gasteiger partial charge < -0.3 is 9.88 Å². The Labute approximate surface area is 195 Å². The number of aromatic nitrogens is 4. The first-order chi connectivity index (χ1) is 15.9. The van der Waals surface area contributed by atoms with Gasteiger partial charge in [-0.05, 0) is 73.4 Å². The van der Waals surface area contributed by atoms with Gasteiger partial charge in [-0.2, -0.15) is 5.10 Å². The molecule has 1 aliphatic rings. The second-order valence-electron chi connectivity index (χ2n) is 9.66. The fourth-order valence-corrected chi connectivity index (χ4v) is 5.29. The van der Waals surface area contributed by atoms with Crippen molar-refractivity contribution in [1.82, 2.24) is 24.5 Å². The lowest BCUT2D eigenvalue weighted by molar-refractivity contribution is -0.132. The lowest BCUT2D eigenvalue weighted by Gasteiger charge is -2.32. The summed E-state index contributed by atoms with van der Waals surface area (Å²) in [7, 11) is 0. The van der Waals surface area contributed by atoms with Gasteiger partial charge in [-0.25, -0.2) is 9.50 Å². The van der Waals surface area contributed by atoms with E-state index >= 15 is 0 Å². The topological polar surface area (TPSA) is 66.3 Å². The fraction of sp³-hybridized carbons (Fsp3) is 0.444. The SMILES string of the molecule is CCCC(=O)N1CCC(c2ccc3[nH]c(-c4ccc5nc(C)nn5c4)c(C(C)C)c3c2)CC1. The first-order valence-corrected chi connectivity index (χ1v) is 12.2. The zero-order chi connectivity index (χ0) is 23.1. The van der Waals surface area contributed by atoms with Gasteiger partial charge >= 0.3 is 0 Å². The Balaban J connectivity index is 1.48. The molecule has 0 unspecified atom stereocenters. The molecule has 0 spiro atoms. The molecule has 5 rings (SSSR count). The van der Waals surface area contributed by atoms with Gasteiger partial charge in [0.25, 0.3) is 0 Å².